The smallest absolute Gasteiger partial charge is 0.294 e. The van der Waals surface area contributed by atoms with Gasteiger partial charge in [0.2, 0.25) is 0 Å². The molecule has 0 atom stereocenters. The standard InChI is InChI=1S/C14H18BNO/c16-12-17-15-10-8-14(9-11-15)7-6-13-4-2-1-3-5-13/h1-5,14H,8-12,16H2. The minimum atomic E-state index is 0.338. The van der Waals surface area contributed by atoms with Gasteiger partial charge in [0, 0.05) is 11.5 Å². The molecular weight excluding hydrogens is 209 g/mol. The number of benzene rings is 1. The Morgan fingerprint density at radius 2 is 1.94 bits per heavy atom. The second-order valence-corrected chi connectivity index (χ2v) is 4.44. The van der Waals surface area contributed by atoms with Crippen LogP contribution in [-0.4, -0.2) is 13.6 Å². The maximum atomic E-state index is 5.42. The molecule has 3 heteroatoms. The minimum Gasteiger partial charge on any atom is -0.424 e. The van der Waals surface area contributed by atoms with Gasteiger partial charge in [-0.1, -0.05) is 30.0 Å². The van der Waals surface area contributed by atoms with Gasteiger partial charge in [-0.3, -0.25) is 0 Å². The van der Waals surface area contributed by atoms with Crippen molar-refractivity contribution in [1.29, 1.82) is 0 Å². The minimum absolute atomic E-state index is 0.338. The van der Waals surface area contributed by atoms with Gasteiger partial charge in [0.1, 0.15) is 0 Å². The maximum absolute atomic E-state index is 5.42. The maximum Gasteiger partial charge on any atom is 0.294 e. The molecule has 2 N–H and O–H groups in total. The lowest BCUT2D eigenvalue weighted by atomic mass is 9.54. The number of hydrogen-bond acceptors (Lipinski definition) is 2. The first-order valence-corrected chi connectivity index (χ1v) is 6.26. The van der Waals surface area contributed by atoms with Gasteiger partial charge in [-0.2, -0.15) is 0 Å². The fourth-order valence-electron chi connectivity index (χ4n) is 2.22. The predicted molar refractivity (Wildman–Crippen MR) is 71.6 cm³/mol. The van der Waals surface area contributed by atoms with Crippen LogP contribution < -0.4 is 5.73 Å². The van der Waals surface area contributed by atoms with E-state index in [0.29, 0.717) is 19.6 Å². The molecule has 0 bridgehead atoms. The highest BCUT2D eigenvalue weighted by Gasteiger charge is 2.23. The molecule has 17 heavy (non-hydrogen) atoms. The highest BCUT2D eigenvalue weighted by atomic mass is 16.4. The summed E-state index contributed by atoms with van der Waals surface area (Å²) in [6.45, 7) is 0.695. The Bertz CT molecular complexity index is 388. The van der Waals surface area contributed by atoms with Crippen LogP contribution in [0.3, 0.4) is 0 Å². The highest BCUT2D eigenvalue weighted by Crippen LogP contribution is 2.24. The SMILES string of the molecule is NCOB1CCC(C#Cc2ccccc2)CC1. The number of nitrogens with two attached hydrogens (primary N) is 1. The third-order valence-electron chi connectivity index (χ3n) is 3.20. The third kappa shape index (κ3) is 3.92. The Labute approximate surface area is 104 Å². The lowest BCUT2D eigenvalue weighted by Crippen LogP contribution is -2.26. The van der Waals surface area contributed by atoms with Crippen LogP contribution in [0.4, 0.5) is 0 Å². The summed E-state index contributed by atoms with van der Waals surface area (Å²) in [6, 6.07) is 10.2. The summed E-state index contributed by atoms with van der Waals surface area (Å²) in [5.74, 6) is 7.13. The van der Waals surface area contributed by atoms with Crippen LogP contribution in [0, 0.1) is 17.8 Å². The Morgan fingerprint density at radius 3 is 2.59 bits per heavy atom. The van der Waals surface area contributed by atoms with Gasteiger partial charge < -0.3 is 10.4 Å². The quantitative estimate of drug-likeness (QED) is 0.478. The lowest BCUT2D eigenvalue weighted by Gasteiger charge is -2.22. The number of rotatable bonds is 2. The molecule has 1 saturated heterocycles. The van der Waals surface area contributed by atoms with E-state index >= 15 is 0 Å². The summed E-state index contributed by atoms with van der Waals surface area (Å²) in [5, 5.41) is 0. The molecule has 0 radical (unpaired) electrons. The molecule has 0 unspecified atom stereocenters. The highest BCUT2D eigenvalue weighted by molar-refractivity contribution is 6.52. The Hall–Kier alpha value is -1.24. The van der Waals surface area contributed by atoms with Crippen molar-refractivity contribution in [2.24, 2.45) is 11.7 Å². The van der Waals surface area contributed by atoms with Crippen molar-refractivity contribution in [3.63, 3.8) is 0 Å². The largest absolute Gasteiger partial charge is 0.424 e. The zero-order valence-corrected chi connectivity index (χ0v) is 10.1. The molecular formula is C14H18BNO. The van der Waals surface area contributed by atoms with Crippen molar-refractivity contribution in [2.75, 3.05) is 6.73 Å². The van der Waals surface area contributed by atoms with Gasteiger partial charge in [-0.05, 0) is 37.6 Å². The van der Waals surface area contributed by atoms with Gasteiger partial charge in [0.15, 0.2) is 0 Å². The molecule has 0 aliphatic carbocycles. The first kappa shape index (κ1) is 12.2. The van der Waals surface area contributed by atoms with E-state index in [0.717, 1.165) is 31.0 Å². The second kappa shape index (κ2) is 6.49. The van der Waals surface area contributed by atoms with Crippen LogP contribution in [0.25, 0.3) is 0 Å². The Balaban J connectivity index is 1.84. The molecule has 1 aliphatic rings. The van der Waals surface area contributed by atoms with E-state index in [1.165, 1.54) is 0 Å². The molecule has 0 aromatic heterocycles. The van der Waals surface area contributed by atoms with Gasteiger partial charge >= 0.3 is 0 Å². The van der Waals surface area contributed by atoms with E-state index < -0.39 is 0 Å². The average Bonchev–Trinajstić information content (AvgIpc) is 2.40. The molecule has 0 amide bonds. The summed E-state index contributed by atoms with van der Waals surface area (Å²) in [6.07, 6.45) is 4.44. The van der Waals surface area contributed by atoms with Crippen molar-refractivity contribution in [1.82, 2.24) is 0 Å². The van der Waals surface area contributed by atoms with Crippen molar-refractivity contribution in [2.45, 2.75) is 25.5 Å². The van der Waals surface area contributed by atoms with Crippen molar-refractivity contribution in [3.8, 4) is 11.8 Å². The van der Waals surface area contributed by atoms with E-state index in [2.05, 4.69) is 24.0 Å². The monoisotopic (exact) mass is 227 g/mol. The third-order valence-corrected chi connectivity index (χ3v) is 3.20. The van der Waals surface area contributed by atoms with Crippen molar-refractivity contribution >= 4 is 6.92 Å². The van der Waals surface area contributed by atoms with E-state index in [-0.39, 0.29) is 0 Å². The zero-order valence-electron chi connectivity index (χ0n) is 10.1. The van der Waals surface area contributed by atoms with Gasteiger partial charge in [0.05, 0.1) is 6.73 Å². The zero-order chi connectivity index (χ0) is 11.9. The topological polar surface area (TPSA) is 35.2 Å². The number of hydrogen-bond donors (Lipinski definition) is 1. The van der Waals surface area contributed by atoms with Crippen molar-refractivity contribution in [3.05, 3.63) is 35.9 Å². The lowest BCUT2D eigenvalue weighted by molar-refractivity contribution is 0.319. The fraction of sp³-hybridized carbons (Fsp3) is 0.429. The Kier molecular flexibility index (Phi) is 4.67. The molecule has 0 saturated carbocycles. The summed E-state index contributed by atoms with van der Waals surface area (Å²) in [5.41, 5.74) is 6.48. The Morgan fingerprint density at radius 1 is 1.24 bits per heavy atom. The first-order chi connectivity index (χ1) is 8.38. The van der Waals surface area contributed by atoms with Crippen LogP contribution in [-0.2, 0) is 4.65 Å². The molecule has 1 fully saturated rings. The molecule has 88 valence electrons. The summed E-state index contributed by atoms with van der Waals surface area (Å²) >= 11 is 0. The van der Waals surface area contributed by atoms with Gasteiger partial charge in [-0.15, -0.1) is 0 Å². The molecule has 1 heterocycles. The van der Waals surface area contributed by atoms with E-state index in [1.54, 1.807) is 0 Å². The normalized spacial score (nSPS) is 16.4. The van der Waals surface area contributed by atoms with Crippen molar-refractivity contribution < 1.29 is 4.65 Å². The van der Waals surface area contributed by atoms with Crippen LogP contribution in [0.15, 0.2) is 30.3 Å². The van der Waals surface area contributed by atoms with Crippen LogP contribution >= 0.6 is 0 Å². The fourth-order valence-corrected chi connectivity index (χ4v) is 2.22. The van der Waals surface area contributed by atoms with Crippen LogP contribution in [0.1, 0.15) is 18.4 Å². The van der Waals surface area contributed by atoms with Crippen LogP contribution in [0.5, 0.6) is 0 Å². The molecule has 1 aliphatic heterocycles. The second-order valence-electron chi connectivity index (χ2n) is 4.44. The van der Waals surface area contributed by atoms with E-state index in [1.807, 2.05) is 18.2 Å². The first-order valence-electron chi connectivity index (χ1n) is 6.26. The summed E-state index contributed by atoms with van der Waals surface area (Å²) in [7, 11) is 0. The summed E-state index contributed by atoms with van der Waals surface area (Å²) in [4.78, 5) is 0. The molecule has 2 nitrogen and oxygen atoms in total. The molecule has 1 aromatic rings. The molecule has 0 spiro atoms. The molecule has 2 rings (SSSR count). The van der Waals surface area contributed by atoms with Gasteiger partial charge in [-0.25, -0.2) is 0 Å². The average molecular weight is 227 g/mol. The van der Waals surface area contributed by atoms with E-state index in [4.69, 9.17) is 10.4 Å². The molecule has 1 aromatic carbocycles. The van der Waals surface area contributed by atoms with E-state index in [9.17, 15) is 0 Å². The predicted octanol–water partition coefficient (Wildman–Crippen LogP) is 2.37. The summed E-state index contributed by atoms with van der Waals surface area (Å²) < 4.78 is 5.42. The van der Waals surface area contributed by atoms with Crippen LogP contribution in [0.2, 0.25) is 12.6 Å². The van der Waals surface area contributed by atoms with Gasteiger partial charge in [0.25, 0.3) is 6.92 Å².